The highest BCUT2D eigenvalue weighted by atomic mass is 16.5. The summed E-state index contributed by atoms with van der Waals surface area (Å²) in [6.07, 6.45) is 2.98. The highest BCUT2D eigenvalue weighted by molar-refractivity contribution is 5.92. The van der Waals surface area contributed by atoms with Crippen molar-refractivity contribution in [2.24, 2.45) is 0 Å². The quantitative estimate of drug-likeness (QED) is 0.906. The number of carbonyl (C=O) groups excluding carboxylic acids is 1. The van der Waals surface area contributed by atoms with Gasteiger partial charge in [-0.25, -0.2) is 0 Å². The molecule has 1 saturated heterocycles. The fraction of sp³-hybridized carbons (Fsp3) is 0.474. The van der Waals surface area contributed by atoms with Crippen LogP contribution in [0.25, 0.3) is 0 Å². The number of carbonyl (C=O) groups is 1. The molecule has 2 aliphatic rings. The number of amides is 1. The van der Waals surface area contributed by atoms with Gasteiger partial charge in [0, 0.05) is 49.7 Å². The molecule has 1 aromatic heterocycles. The number of hydrogen-bond acceptors (Lipinski definition) is 5. The molecule has 2 fully saturated rings. The molecule has 0 bridgehead atoms. The minimum atomic E-state index is -0.0842. The molecule has 4 rings (SSSR count). The van der Waals surface area contributed by atoms with Gasteiger partial charge in [0.1, 0.15) is 5.76 Å². The standard InChI is InChI=1S/C19H24N4O2/c1-14-12-16(21-25-14)13-19(24)20-15-2-4-17(5-3-15)22-8-10-23(11-9-22)18-6-7-18/h2-5,12,18H,6-11,13H2,1H3,(H,20,24). The zero-order valence-corrected chi connectivity index (χ0v) is 14.6. The lowest BCUT2D eigenvalue weighted by Crippen LogP contribution is -2.47. The van der Waals surface area contributed by atoms with Gasteiger partial charge in [0.15, 0.2) is 0 Å². The Hall–Kier alpha value is -2.34. The third-order valence-corrected chi connectivity index (χ3v) is 4.91. The third-order valence-electron chi connectivity index (χ3n) is 4.91. The summed E-state index contributed by atoms with van der Waals surface area (Å²) in [7, 11) is 0. The van der Waals surface area contributed by atoms with E-state index in [1.165, 1.54) is 18.5 Å². The monoisotopic (exact) mass is 340 g/mol. The van der Waals surface area contributed by atoms with E-state index in [1.807, 2.05) is 19.1 Å². The van der Waals surface area contributed by atoms with Crippen LogP contribution in [0.2, 0.25) is 0 Å². The van der Waals surface area contributed by atoms with Gasteiger partial charge in [-0.15, -0.1) is 0 Å². The SMILES string of the molecule is Cc1cc(CC(=O)Nc2ccc(N3CCN(C4CC4)CC3)cc2)no1. The van der Waals surface area contributed by atoms with Crippen molar-refractivity contribution in [1.29, 1.82) is 0 Å². The summed E-state index contributed by atoms with van der Waals surface area (Å²) in [4.78, 5) is 17.1. The topological polar surface area (TPSA) is 61.6 Å². The second kappa shape index (κ2) is 6.88. The molecule has 6 nitrogen and oxygen atoms in total. The van der Waals surface area contributed by atoms with Gasteiger partial charge in [0.25, 0.3) is 0 Å². The summed E-state index contributed by atoms with van der Waals surface area (Å²) in [6.45, 7) is 6.28. The lowest BCUT2D eigenvalue weighted by Gasteiger charge is -2.36. The molecule has 1 amide bonds. The predicted octanol–water partition coefficient (Wildman–Crippen LogP) is 2.45. The number of piperazine rings is 1. The van der Waals surface area contributed by atoms with E-state index in [0.717, 1.165) is 37.9 Å². The van der Waals surface area contributed by atoms with Crippen molar-refractivity contribution in [1.82, 2.24) is 10.1 Å². The molecule has 1 aliphatic heterocycles. The minimum Gasteiger partial charge on any atom is -0.369 e. The van der Waals surface area contributed by atoms with E-state index in [0.29, 0.717) is 11.5 Å². The number of nitrogens with zero attached hydrogens (tertiary/aromatic N) is 3. The molecule has 25 heavy (non-hydrogen) atoms. The number of anilines is 2. The van der Waals surface area contributed by atoms with Crippen molar-refractivity contribution in [3.63, 3.8) is 0 Å². The van der Waals surface area contributed by atoms with Gasteiger partial charge in [-0.05, 0) is 44.0 Å². The largest absolute Gasteiger partial charge is 0.369 e. The Labute approximate surface area is 147 Å². The molecular weight excluding hydrogens is 316 g/mol. The van der Waals surface area contributed by atoms with E-state index in [-0.39, 0.29) is 12.3 Å². The van der Waals surface area contributed by atoms with E-state index < -0.39 is 0 Å². The van der Waals surface area contributed by atoms with Gasteiger partial charge in [-0.2, -0.15) is 0 Å². The van der Waals surface area contributed by atoms with Crippen LogP contribution in [0.4, 0.5) is 11.4 Å². The van der Waals surface area contributed by atoms with Crippen LogP contribution in [0.5, 0.6) is 0 Å². The Balaban J connectivity index is 1.30. The Morgan fingerprint density at radius 3 is 2.52 bits per heavy atom. The predicted molar refractivity (Wildman–Crippen MR) is 96.8 cm³/mol. The van der Waals surface area contributed by atoms with Crippen LogP contribution >= 0.6 is 0 Å². The Morgan fingerprint density at radius 2 is 1.92 bits per heavy atom. The molecule has 0 radical (unpaired) electrons. The molecule has 6 heteroatoms. The van der Waals surface area contributed by atoms with Crippen LogP contribution in [0.3, 0.4) is 0 Å². The van der Waals surface area contributed by atoms with Gasteiger partial charge in [-0.1, -0.05) is 5.16 Å². The van der Waals surface area contributed by atoms with Crippen LogP contribution in [0.15, 0.2) is 34.9 Å². The summed E-state index contributed by atoms with van der Waals surface area (Å²) in [6, 6.07) is 10.7. The number of aryl methyl sites for hydroxylation is 1. The van der Waals surface area contributed by atoms with Crippen molar-refractivity contribution in [3.05, 3.63) is 41.8 Å². The number of nitrogens with one attached hydrogen (secondary N) is 1. The van der Waals surface area contributed by atoms with Crippen molar-refractivity contribution in [3.8, 4) is 0 Å². The van der Waals surface area contributed by atoms with Gasteiger partial charge in [0.05, 0.1) is 12.1 Å². The van der Waals surface area contributed by atoms with E-state index in [9.17, 15) is 4.79 Å². The van der Waals surface area contributed by atoms with Crippen LogP contribution in [0, 0.1) is 6.92 Å². The van der Waals surface area contributed by atoms with Gasteiger partial charge >= 0.3 is 0 Å². The summed E-state index contributed by atoms with van der Waals surface area (Å²) >= 11 is 0. The maximum atomic E-state index is 12.1. The molecule has 0 unspecified atom stereocenters. The second-order valence-electron chi connectivity index (χ2n) is 6.95. The molecule has 2 aromatic rings. The number of hydrogen-bond donors (Lipinski definition) is 1. The molecular formula is C19H24N4O2. The van der Waals surface area contributed by atoms with Crippen molar-refractivity contribution in [2.75, 3.05) is 36.4 Å². The van der Waals surface area contributed by atoms with Gasteiger partial charge in [-0.3, -0.25) is 9.69 Å². The first kappa shape index (κ1) is 16.1. The highest BCUT2D eigenvalue weighted by Crippen LogP contribution is 2.28. The molecule has 1 N–H and O–H groups in total. The Morgan fingerprint density at radius 1 is 1.20 bits per heavy atom. The number of aromatic nitrogens is 1. The maximum Gasteiger partial charge on any atom is 0.230 e. The summed E-state index contributed by atoms with van der Waals surface area (Å²) in [5.74, 6) is 0.632. The number of benzene rings is 1. The maximum absolute atomic E-state index is 12.1. The molecule has 0 spiro atoms. The summed E-state index contributed by atoms with van der Waals surface area (Å²) in [5, 5.41) is 6.76. The molecule has 0 atom stereocenters. The third kappa shape index (κ3) is 4.02. The fourth-order valence-electron chi connectivity index (χ4n) is 3.41. The van der Waals surface area contributed by atoms with E-state index in [2.05, 4.69) is 32.4 Å². The van der Waals surface area contributed by atoms with Gasteiger partial charge < -0.3 is 14.7 Å². The van der Waals surface area contributed by atoms with E-state index in [1.54, 1.807) is 6.07 Å². The van der Waals surface area contributed by atoms with Crippen LogP contribution in [-0.2, 0) is 11.2 Å². The van der Waals surface area contributed by atoms with Gasteiger partial charge in [0.2, 0.25) is 5.91 Å². The number of rotatable bonds is 5. The first-order valence-corrected chi connectivity index (χ1v) is 8.98. The smallest absolute Gasteiger partial charge is 0.230 e. The fourth-order valence-corrected chi connectivity index (χ4v) is 3.41. The normalized spacial score (nSPS) is 18.4. The molecule has 1 aliphatic carbocycles. The molecule has 132 valence electrons. The average Bonchev–Trinajstić information content (AvgIpc) is 3.39. The van der Waals surface area contributed by atoms with Crippen LogP contribution in [0.1, 0.15) is 24.3 Å². The van der Waals surface area contributed by atoms with Crippen molar-refractivity contribution < 1.29 is 9.32 Å². The van der Waals surface area contributed by atoms with Crippen LogP contribution < -0.4 is 10.2 Å². The Kier molecular flexibility index (Phi) is 4.44. The molecule has 1 aromatic carbocycles. The molecule has 1 saturated carbocycles. The lowest BCUT2D eigenvalue weighted by atomic mass is 10.2. The van der Waals surface area contributed by atoms with Crippen molar-refractivity contribution in [2.45, 2.75) is 32.2 Å². The first-order valence-electron chi connectivity index (χ1n) is 8.98. The summed E-state index contributed by atoms with van der Waals surface area (Å²) in [5.41, 5.74) is 2.69. The minimum absolute atomic E-state index is 0.0842. The van der Waals surface area contributed by atoms with E-state index in [4.69, 9.17) is 4.52 Å². The zero-order valence-electron chi connectivity index (χ0n) is 14.6. The average molecular weight is 340 g/mol. The molecule has 2 heterocycles. The Bertz CT molecular complexity index is 728. The highest BCUT2D eigenvalue weighted by Gasteiger charge is 2.31. The first-order chi connectivity index (χ1) is 12.2. The van der Waals surface area contributed by atoms with E-state index >= 15 is 0 Å². The van der Waals surface area contributed by atoms with Crippen LogP contribution in [-0.4, -0.2) is 48.2 Å². The summed E-state index contributed by atoms with van der Waals surface area (Å²) < 4.78 is 4.99. The second-order valence-corrected chi connectivity index (χ2v) is 6.95. The van der Waals surface area contributed by atoms with Crippen molar-refractivity contribution >= 4 is 17.3 Å². The lowest BCUT2D eigenvalue weighted by molar-refractivity contribution is -0.115. The zero-order chi connectivity index (χ0) is 17.2.